The molecule has 2 aromatic carbocycles. The molecule has 3 rings (SSSR count). The Morgan fingerprint density at radius 1 is 1.14 bits per heavy atom. The summed E-state index contributed by atoms with van der Waals surface area (Å²) in [5, 5.41) is 4.95. The van der Waals surface area contributed by atoms with Crippen LogP contribution >= 0.6 is 34.8 Å². The lowest BCUT2D eigenvalue weighted by Crippen LogP contribution is -2.25. The summed E-state index contributed by atoms with van der Waals surface area (Å²) in [4.78, 5) is 16.0. The van der Waals surface area contributed by atoms with Crippen molar-refractivity contribution in [3.05, 3.63) is 75.8 Å². The summed E-state index contributed by atoms with van der Waals surface area (Å²) >= 11 is 17.8. The summed E-state index contributed by atoms with van der Waals surface area (Å²) in [6.45, 7) is 1.53. The van der Waals surface area contributed by atoms with E-state index in [0.29, 0.717) is 10.7 Å². The molecule has 0 bridgehead atoms. The topological polar surface area (TPSA) is 68.5 Å². The normalized spacial score (nSPS) is 11.4. The van der Waals surface area contributed by atoms with Gasteiger partial charge in [0.2, 0.25) is 0 Å². The Morgan fingerprint density at radius 3 is 2.54 bits per heavy atom. The van der Waals surface area contributed by atoms with Crippen molar-refractivity contribution in [3.63, 3.8) is 0 Å². The maximum absolute atomic E-state index is 12.0. The van der Waals surface area contributed by atoms with Crippen molar-refractivity contribution in [2.24, 2.45) is 5.10 Å². The molecule has 6 nitrogen and oxygen atoms in total. The molecule has 1 N–H and O–H groups in total. The minimum absolute atomic E-state index is 0.264. The van der Waals surface area contributed by atoms with E-state index < -0.39 is 5.91 Å². The molecule has 0 aliphatic heterocycles. The molecule has 28 heavy (non-hydrogen) atoms. The van der Waals surface area contributed by atoms with Crippen molar-refractivity contribution in [2.45, 2.75) is 6.92 Å². The Bertz CT molecular complexity index is 1000. The molecular formula is C19H15Cl3N4O2. The first-order chi connectivity index (χ1) is 13.4. The zero-order valence-corrected chi connectivity index (χ0v) is 17.0. The van der Waals surface area contributed by atoms with Crippen LogP contribution in [0.25, 0.3) is 5.69 Å². The summed E-state index contributed by atoms with van der Waals surface area (Å²) in [5.74, 6) is -0.168. The van der Waals surface area contributed by atoms with Gasteiger partial charge in [-0.1, -0.05) is 46.9 Å². The lowest BCUT2D eigenvalue weighted by Gasteiger charge is -2.09. The summed E-state index contributed by atoms with van der Waals surface area (Å²) in [6.07, 6.45) is 5.29. The number of benzene rings is 2. The molecule has 3 aromatic rings. The Hall–Kier alpha value is -2.54. The monoisotopic (exact) mass is 436 g/mol. The maximum atomic E-state index is 12.0. The lowest BCUT2D eigenvalue weighted by molar-refractivity contribution is -0.123. The average molecular weight is 438 g/mol. The van der Waals surface area contributed by atoms with Crippen molar-refractivity contribution < 1.29 is 9.53 Å². The van der Waals surface area contributed by atoms with E-state index in [1.807, 2.05) is 35.0 Å². The van der Waals surface area contributed by atoms with E-state index >= 15 is 0 Å². The van der Waals surface area contributed by atoms with Gasteiger partial charge in [-0.15, -0.1) is 0 Å². The molecule has 0 saturated carbocycles. The number of hydrogen-bond acceptors (Lipinski definition) is 4. The number of hydrogen-bond donors (Lipinski definition) is 1. The van der Waals surface area contributed by atoms with Gasteiger partial charge in [-0.2, -0.15) is 5.10 Å². The van der Waals surface area contributed by atoms with E-state index in [9.17, 15) is 4.79 Å². The number of carbonyl (C=O) groups is 1. The molecule has 144 valence electrons. The van der Waals surface area contributed by atoms with Crippen LogP contribution < -0.4 is 10.2 Å². The highest BCUT2D eigenvalue weighted by atomic mass is 35.5. The number of hydrazone groups is 1. The van der Waals surface area contributed by atoms with E-state index in [1.165, 1.54) is 12.1 Å². The van der Waals surface area contributed by atoms with Gasteiger partial charge in [0.1, 0.15) is 5.75 Å². The molecule has 0 saturated heterocycles. The molecule has 1 heterocycles. The number of carbonyl (C=O) groups excluding carboxylic acids is 1. The first-order valence-electron chi connectivity index (χ1n) is 8.13. The predicted molar refractivity (Wildman–Crippen MR) is 111 cm³/mol. The van der Waals surface area contributed by atoms with Gasteiger partial charge in [0.05, 0.1) is 27.1 Å². The van der Waals surface area contributed by atoms with Crippen LogP contribution in [0.1, 0.15) is 12.5 Å². The molecule has 0 radical (unpaired) electrons. The Balaban J connectivity index is 1.57. The van der Waals surface area contributed by atoms with Crippen LogP contribution in [0.3, 0.4) is 0 Å². The fourth-order valence-corrected chi connectivity index (χ4v) is 2.88. The summed E-state index contributed by atoms with van der Waals surface area (Å²) in [5.41, 5.74) is 4.95. The molecule has 0 fully saturated rings. The van der Waals surface area contributed by atoms with Crippen LogP contribution in [0, 0.1) is 0 Å². The number of ether oxygens (including phenoxy) is 1. The quantitative estimate of drug-likeness (QED) is 0.344. The minimum Gasteiger partial charge on any atom is -0.482 e. The van der Waals surface area contributed by atoms with E-state index in [0.717, 1.165) is 11.3 Å². The van der Waals surface area contributed by atoms with Crippen molar-refractivity contribution in [2.75, 3.05) is 6.61 Å². The van der Waals surface area contributed by atoms with E-state index in [-0.39, 0.29) is 22.4 Å². The third-order valence-electron chi connectivity index (χ3n) is 3.77. The SMILES string of the molecule is C/C(=N/NC(=O)COc1cc(Cl)c(Cl)cc1Cl)c1ccc(-n2ccnc2)cc1. The van der Waals surface area contributed by atoms with Gasteiger partial charge in [-0.3, -0.25) is 4.79 Å². The molecule has 0 unspecified atom stereocenters. The second-order valence-electron chi connectivity index (χ2n) is 5.73. The first-order valence-corrected chi connectivity index (χ1v) is 9.26. The maximum Gasteiger partial charge on any atom is 0.277 e. The molecule has 0 spiro atoms. The van der Waals surface area contributed by atoms with Crippen molar-refractivity contribution in [1.29, 1.82) is 0 Å². The molecule has 9 heteroatoms. The van der Waals surface area contributed by atoms with Gasteiger partial charge >= 0.3 is 0 Å². The average Bonchev–Trinajstić information content (AvgIpc) is 3.23. The van der Waals surface area contributed by atoms with Gasteiger partial charge < -0.3 is 9.30 Å². The number of nitrogens with zero attached hydrogens (tertiary/aromatic N) is 3. The molecule has 1 amide bonds. The molecule has 0 aliphatic rings. The van der Waals surface area contributed by atoms with Crippen LogP contribution in [-0.4, -0.2) is 27.8 Å². The van der Waals surface area contributed by atoms with Crippen molar-refractivity contribution >= 4 is 46.4 Å². The standard InChI is InChI=1S/C19H15Cl3N4O2/c1-12(13-2-4-14(5-3-13)26-7-6-23-11-26)24-25-19(27)10-28-18-9-16(21)15(20)8-17(18)22/h2-9,11H,10H2,1H3,(H,25,27)/b24-12-. The third kappa shape index (κ3) is 5.04. The zero-order chi connectivity index (χ0) is 20.1. The smallest absolute Gasteiger partial charge is 0.277 e. The number of aromatic nitrogens is 2. The van der Waals surface area contributed by atoms with Gasteiger partial charge in [0, 0.05) is 24.1 Å². The highest BCUT2D eigenvalue weighted by Gasteiger charge is 2.09. The van der Waals surface area contributed by atoms with Crippen LogP contribution in [0.5, 0.6) is 5.75 Å². The third-order valence-corrected chi connectivity index (χ3v) is 4.79. The fraction of sp³-hybridized carbons (Fsp3) is 0.105. The molecule has 0 atom stereocenters. The molecular weight excluding hydrogens is 423 g/mol. The van der Waals surface area contributed by atoms with E-state index in [2.05, 4.69) is 15.5 Å². The number of nitrogens with one attached hydrogen (secondary N) is 1. The van der Waals surface area contributed by atoms with E-state index in [4.69, 9.17) is 39.5 Å². The Kier molecular flexibility index (Phi) is 6.57. The van der Waals surface area contributed by atoms with Crippen LogP contribution in [0.15, 0.2) is 60.2 Å². The summed E-state index contributed by atoms with van der Waals surface area (Å²) < 4.78 is 7.26. The number of amides is 1. The van der Waals surface area contributed by atoms with Gasteiger partial charge in [0.25, 0.3) is 5.91 Å². The first kappa shape index (κ1) is 20.2. The van der Waals surface area contributed by atoms with Crippen LogP contribution in [-0.2, 0) is 4.79 Å². The van der Waals surface area contributed by atoms with Crippen LogP contribution in [0.2, 0.25) is 15.1 Å². The van der Waals surface area contributed by atoms with Crippen molar-refractivity contribution in [1.82, 2.24) is 15.0 Å². The largest absolute Gasteiger partial charge is 0.482 e. The minimum atomic E-state index is -0.434. The zero-order valence-electron chi connectivity index (χ0n) is 14.7. The molecule has 1 aromatic heterocycles. The summed E-state index contributed by atoms with van der Waals surface area (Å²) in [6, 6.07) is 10.6. The lowest BCUT2D eigenvalue weighted by atomic mass is 10.1. The highest BCUT2D eigenvalue weighted by molar-refractivity contribution is 6.43. The second kappa shape index (κ2) is 9.10. The fourth-order valence-electron chi connectivity index (χ4n) is 2.29. The van der Waals surface area contributed by atoms with Gasteiger partial charge in [-0.25, -0.2) is 10.4 Å². The second-order valence-corrected chi connectivity index (χ2v) is 6.96. The summed E-state index contributed by atoms with van der Waals surface area (Å²) in [7, 11) is 0. The molecule has 0 aliphatic carbocycles. The Labute approximate surface area is 176 Å². The van der Waals surface area contributed by atoms with Crippen molar-refractivity contribution in [3.8, 4) is 11.4 Å². The Morgan fingerprint density at radius 2 is 1.86 bits per heavy atom. The van der Waals surface area contributed by atoms with Gasteiger partial charge in [-0.05, 0) is 30.7 Å². The number of imidazole rings is 1. The van der Waals surface area contributed by atoms with Crippen LogP contribution in [0.4, 0.5) is 0 Å². The highest BCUT2D eigenvalue weighted by Crippen LogP contribution is 2.33. The number of rotatable bonds is 6. The predicted octanol–water partition coefficient (Wildman–Crippen LogP) is 4.75. The number of halogens is 3. The van der Waals surface area contributed by atoms with Gasteiger partial charge in [0.15, 0.2) is 6.61 Å². The van der Waals surface area contributed by atoms with E-state index in [1.54, 1.807) is 19.4 Å².